The molecule has 1 aromatic carbocycles. The average molecular weight is 275 g/mol. The maximum Gasteiger partial charge on any atom is 0.419 e. The third-order valence-electron chi connectivity index (χ3n) is 2.32. The van der Waals surface area contributed by atoms with Crippen LogP contribution in [0.15, 0.2) is 29.0 Å². The molecule has 0 bridgehead atoms. The number of carboxylic acid groups (broad SMARTS) is 1. The van der Waals surface area contributed by atoms with Crippen molar-refractivity contribution < 1.29 is 31.9 Å². The molecule has 0 radical (unpaired) electrons. The predicted octanol–water partition coefficient (Wildman–Crippen LogP) is 3.20. The molecule has 0 spiro atoms. The minimum Gasteiger partial charge on any atom is -0.476 e. The largest absolute Gasteiger partial charge is 0.476 e. The Labute approximate surface area is 103 Å². The predicted molar refractivity (Wildman–Crippen MR) is 53.9 cm³/mol. The van der Waals surface area contributed by atoms with Crippen LogP contribution in [0.25, 0.3) is 11.3 Å². The van der Waals surface area contributed by atoms with Gasteiger partial charge in [0.1, 0.15) is 5.82 Å². The van der Waals surface area contributed by atoms with E-state index in [1.807, 2.05) is 0 Å². The molecule has 0 fully saturated rings. The molecule has 0 saturated carbocycles. The van der Waals surface area contributed by atoms with Crippen LogP contribution in [0.4, 0.5) is 17.6 Å². The summed E-state index contributed by atoms with van der Waals surface area (Å²) in [7, 11) is 0. The topological polar surface area (TPSA) is 63.3 Å². The lowest BCUT2D eigenvalue weighted by molar-refractivity contribution is -0.139. The van der Waals surface area contributed by atoms with Gasteiger partial charge in [-0.2, -0.15) is 13.2 Å². The first-order chi connectivity index (χ1) is 8.82. The summed E-state index contributed by atoms with van der Waals surface area (Å²) in [6.07, 6.45) is -4.16. The highest BCUT2D eigenvalue weighted by Gasteiger charge is 2.36. The van der Waals surface area contributed by atoms with Gasteiger partial charge in [-0.15, -0.1) is 0 Å². The molecule has 4 nitrogen and oxygen atoms in total. The molecule has 2 aromatic rings. The number of aromatic nitrogens is 1. The Morgan fingerprint density at radius 3 is 2.58 bits per heavy atom. The van der Waals surface area contributed by atoms with Gasteiger partial charge in [-0.3, -0.25) is 0 Å². The third kappa shape index (κ3) is 2.28. The number of alkyl halides is 3. The summed E-state index contributed by atoms with van der Waals surface area (Å²) < 4.78 is 56.0. The molecule has 100 valence electrons. The quantitative estimate of drug-likeness (QED) is 0.855. The number of rotatable bonds is 2. The monoisotopic (exact) mass is 275 g/mol. The number of hydrogen-bond acceptors (Lipinski definition) is 3. The van der Waals surface area contributed by atoms with E-state index in [0.29, 0.717) is 6.07 Å². The Morgan fingerprint density at radius 2 is 2.00 bits per heavy atom. The molecular formula is C11H5F4NO3. The molecule has 0 aliphatic rings. The van der Waals surface area contributed by atoms with Crippen LogP contribution >= 0.6 is 0 Å². The minimum atomic E-state index is -4.89. The second kappa shape index (κ2) is 4.38. The van der Waals surface area contributed by atoms with Crippen molar-refractivity contribution in [1.82, 2.24) is 4.98 Å². The molecule has 8 heteroatoms. The van der Waals surface area contributed by atoms with E-state index >= 15 is 0 Å². The fraction of sp³-hybridized carbons (Fsp3) is 0.0909. The number of carbonyl (C=O) groups is 1. The van der Waals surface area contributed by atoms with Crippen LogP contribution < -0.4 is 0 Å². The number of oxazole rings is 1. The fourth-order valence-corrected chi connectivity index (χ4v) is 1.52. The summed E-state index contributed by atoms with van der Waals surface area (Å²) in [4.78, 5) is 14.1. The van der Waals surface area contributed by atoms with Crippen molar-refractivity contribution in [2.45, 2.75) is 6.18 Å². The van der Waals surface area contributed by atoms with Crippen molar-refractivity contribution in [2.75, 3.05) is 0 Å². The van der Waals surface area contributed by atoms with Gasteiger partial charge in [0.25, 0.3) is 0 Å². The van der Waals surface area contributed by atoms with Gasteiger partial charge in [0.05, 0.1) is 11.1 Å². The van der Waals surface area contributed by atoms with Crippen molar-refractivity contribution in [3.8, 4) is 11.3 Å². The molecule has 1 N–H and O–H groups in total. The smallest absolute Gasteiger partial charge is 0.419 e. The molecule has 2 rings (SSSR count). The summed E-state index contributed by atoms with van der Waals surface area (Å²) in [5.41, 5.74) is -2.76. The van der Waals surface area contributed by atoms with E-state index in [0.717, 1.165) is 18.5 Å². The van der Waals surface area contributed by atoms with Crippen LogP contribution in [-0.2, 0) is 6.18 Å². The summed E-state index contributed by atoms with van der Waals surface area (Å²) >= 11 is 0. The SMILES string of the molecule is O=C(O)c1ncoc1-c1cccc(C(F)(F)F)c1F. The van der Waals surface area contributed by atoms with E-state index in [4.69, 9.17) is 5.11 Å². The zero-order chi connectivity index (χ0) is 14.2. The zero-order valence-electron chi connectivity index (χ0n) is 9.03. The molecular weight excluding hydrogens is 270 g/mol. The second-order valence-electron chi connectivity index (χ2n) is 3.50. The first-order valence-corrected chi connectivity index (χ1v) is 4.85. The maximum absolute atomic E-state index is 13.8. The minimum absolute atomic E-state index is 0.551. The lowest BCUT2D eigenvalue weighted by Gasteiger charge is -2.09. The van der Waals surface area contributed by atoms with Crippen molar-refractivity contribution in [2.24, 2.45) is 0 Å². The van der Waals surface area contributed by atoms with Crippen LogP contribution in [0.1, 0.15) is 16.1 Å². The Morgan fingerprint density at radius 1 is 1.32 bits per heavy atom. The van der Waals surface area contributed by atoms with Crippen molar-refractivity contribution in [1.29, 1.82) is 0 Å². The van der Waals surface area contributed by atoms with Crippen LogP contribution in [0.3, 0.4) is 0 Å². The fourth-order valence-electron chi connectivity index (χ4n) is 1.52. The number of hydrogen-bond donors (Lipinski definition) is 1. The average Bonchev–Trinajstić information content (AvgIpc) is 2.76. The van der Waals surface area contributed by atoms with E-state index < -0.39 is 40.5 Å². The van der Waals surface area contributed by atoms with Gasteiger partial charge in [-0.1, -0.05) is 6.07 Å². The van der Waals surface area contributed by atoms with Gasteiger partial charge in [0.2, 0.25) is 0 Å². The van der Waals surface area contributed by atoms with E-state index in [2.05, 4.69) is 9.40 Å². The molecule has 0 amide bonds. The number of benzene rings is 1. The normalized spacial score (nSPS) is 11.6. The standard InChI is InChI=1S/C11H5F4NO3/c12-7-5(2-1-3-6(7)11(13,14)15)9-8(10(17)18)16-4-19-9/h1-4H,(H,17,18). The molecule has 0 atom stereocenters. The first kappa shape index (κ1) is 13.1. The Bertz CT molecular complexity index is 633. The van der Waals surface area contributed by atoms with Gasteiger partial charge in [0.15, 0.2) is 17.8 Å². The molecule has 1 aromatic heterocycles. The van der Waals surface area contributed by atoms with Crippen molar-refractivity contribution in [3.63, 3.8) is 0 Å². The molecule has 19 heavy (non-hydrogen) atoms. The molecule has 1 heterocycles. The highest BCUT2D eigenvalue weighted by atomic mass is 19.4. The van der Waals surface area contributed by atoms with E-state index in [-0.39, 0.29) is 0 Å². The summed E-state index contributed by atoms with van der Waals surface area (Å²) in [5, 5.41) is 8.77. The first-order valence-electron chi connectivity index (χ1n) is 4.85. The lowest BCUT2D eigenvalue weighted by atomic mass is 10.1. The molecule has 0 aliphatic carbocycles. The summed E-state index contributed by atoms with van der Waals surface area (Å²) in [6, 6.07) is 2.49. The number of carboxylic acids is 1. The lowest BCUT2D eigenvalue weighted by Crippen LogP contribution is -2.09. The summed E-state index contributed by atoms with van der Waals surface area (Å²) in [6.45, 7) is 0. The van der Waals surface area contributed by atoms with Crippen LogP contribution in [0, 0.1) is 5.82 Å². The second-order valence-corrected chi connectivity index (χ2v) is 3.50. The van der Waals surface area contributed by atoms with Crippen LogP contribution in [0.5, 0.6) is 0 Å². The Balaban J connectivity index is 2.64. The van der Waals surface area contributed by atoms with Crippen molar-refractivity contribution >= 4 is 5.97 Å². The van der Waals surface area contributed by atoms with Gasteiger partial charge in [0, 0.05) is 0 Å². The van der Waals surface area contributed by atoms with Crippen molar-refractivity contribution in [3.05, 3.63) is 41.7 Å². The maximum atomic E-state index is 13.8. The van der Waals surface area contributed by atoms with Gasteiger partial charge < -0.3 is 9.52 Å². The molecule has 0 unspecified atom stereocenters. The van der Waals surface area contributed by atoms with E-state index in [1.165, 1.54) is 0 Å². The molecule has 0 aliphatic heterocycles. The Hall–Kier alpha value is -2.38. The zero-order valence-corrected chi connectivity index (χ0v) is 9.03. The number of halogens is 4. The third-order valence-corrected chi connectivity index (χ3v) is 2.32. The highest BCUT2D eigenvalue weighted by molar-refractivity contribution is 5.92. The van der Waals surface area contributed by atoms with Crippen LogP contribution in [-0.4, -0.2) is 16.1 Å². The van der Waals surface area contributed by atoms with Gasteiger partial charge in [-0.25, -0.2) is 14.2 Å². The van der Waals surface area contributed by atoms with E-state index in [1.54, 1.807) is 0 Å². The van der Waals surface area contributed by atoms with Crippen LogP contribution in [0.2, 0.25) is 0 Å². The number of aromatic carboxylic acids is 1. The van der Waals surface area contributed by atoms with E-state index in [9.17, 15) is 22.4 Å². The molecule has 0 saturated heterocycles. The highest BCUT2D eigenvalue weighted by Crippen LogP contribution is 2.36. The van der Waals surface area contributed by atoms with Gasteiger partial charge in [-0.05, 0) is 12.1 Å². The Kier molecular flexibility index (Phi) is 3.01. The summed E-state index contributed by atoms with van der Waals surface area (Å²) in [5.74, 6) is -3.69. The number of nitrogens with zero attached hydrogens (tertiary/aromatic N) is 1. The van der Waals surface area contributed by atoms with Gasteiger partial charge >= 0.3 is 12.1 Å².